The quantitative estimate of drug-likeness (QED) is 0.684. The largest absolute Gasteiger partial charge is 0.152 e. The van der Waals surface area contributed by atoms with Gasteiger partial charge in [0.2, 0.25) is 0 Å². The zero-order valence-electron chi connectivity index (χ0n) is 7.62. The molecule has 0 amide bonds. The van der Waals surface area contributed by atoms with Gasteiger partial charge >= 0.3 is 0 Å². The van der Waals surface area contributed by atoms with E-state index in [9.17, 15) is 0 Å². The van der Waals surface area contributed by atoms with Crippen LogP contribution >= 0.6 is 11.3 Å². The topological polar surface area (TPSA) is 0 Å². The van der Waals surface area contributed by atoms with Crippen molar-refractivity contribution < 1.29 is 0 Å². The number of unbranched alkanes of at least 4 members (excludes halogenated alkanes) is 1. The average Bonchev–Trinajstić information content (AvgIpc) is 2.58. The van der Waals surface area contributed by atoms with Gasteiger partial charge in [0.15, 0.2) is 0 Å². The van der Waals surface area contributed by atoms with Gasteiger partial charge in [-0.15, -0.1) is 0 Å². The van der Waals surface area contributed by atoms with Gasteiger partial charge in [0.05, 0.1) is 0 Å². The molecule has 1 heteroatoms. The molecule has 0 saturated carbocycles. The summed E-state index contributed by atoms with van der Waals surface area (Å²) in [6.07, 6.45) is 3.39. The maximum atomic E-state index is 3.87. The summed E-state index contributed by atoms with van der Waals surface area (Å²) >= 11 is 1.77. The number of rotatable bonds is 3. The number of aryl methyl sites for hydroxylation is 1. The lowest BCUT2D eigenvalue weighted by Gasteiger charge is -2.01. The Hall–Kier alpha value is -0.820. The fraction of sp³-hybridized carbons (Fsp3) is 0.250. The van der Waals surface area contributed by atoms with Crippen LogP contribution in [0.2, 0.25) is 0 Å². The number of hydrogen-bond donors (Lipinski definition) is 0. The van der Waals surface area contributed by atoms with E-state index in [1.165, 1.54) is 29.5 Å². The minimum atomic E-state index is 1.03. The molecule has 0 saturated heterocycles. The van der Waals surface area contributed by atoms with Crippen LogP contribution in [0.1, 0.15) is 18.4 Å². The predicted octanol–water partition coefficient (Wildman–Crippen LogP) is 4.01. The van der Waals surface area contributed by atoms with E-state index < -0.39 is 0 Å². The summed E-state index contributed by atoms with van der Waals surface area (Å²) in [6, 6.07) is 6.64. The summed E-state index contributed by atoms with van der Waals surface area (Å²) in [5, 5.41) is 4.38. The highest BCUT2D eigenvalue weighted by atomic mass is 32.1. The van der Waals surface area contributed by atoms with E-state index in [4.69, 9.17) is 0 Å². The van der Waals surface area contributed by atoms with Crippen LogP contribution in [0.3, 0.4) is 0 Å². The first-order valence-corrected chi connectivity index (χ1v) is 5.59. The van der Waals surface area contributed by atoms with E-state index in [1.807, 2.05) is 0 Å². The second kappa shape index (κ2) is 3.93. The first-order chi connectivity index (χ1) is 6.42. The molecule has 1 heterocycles. The normalized spacial score (nSPS) is 10.8. The molecule has 1 radical (unpaired) electrons. The molecule has 0 spiro atoms. The predicted molar refractivity (Wildman–Crippen MR) is 59.2 cm³/mol. The van der Waals surface area contributed by atoms with Crippen molar-refractivity contribution in [1.82, 2.24) is 0 Å². The summed E-state index contributed by atoms with van der Waals surface area (Å²) in [5.41, 5.74) is 4.29. The Bertz CT molecular complexity index is 348. The van der Waals surface area contributed by atoms with Crippen LogP contribution in [0.4, 0.5) is 0 Å². The molecule has 67 valence electrons. The van der Waals surface area contributed by atoms with E-state index in [1.54, 1.807) is 11.3 Å². The molecule has 0 aromatic rings. The SMILES string of the molecule is [CH2]CCCc1ccc2ccscc1-2. The Balaban J connectivity index is 2.27. The maximum Gasteiger partial charge on any atom is -0.00122 e. The highest BCUT2D eigenvalue weighted by molar-refractivity contribution is 7.07. The van der Waals surface area contributed by atoms with Crippen molar-refractivity contribution in [3.63, 3.8) is 0 Å². The molecule has 2 rings (SSSR count). The molecule has 13 heavy (non-hydrogen) atoms. The smallest absolute Gasteiger partial charge is 0.00122 e. The Labute approximate surface area is 83.6 Å². The van der Waals surface area contributed by atoms with Crippen molar-refractivity contribution >= 4 is 11.3 Å². The van der Waals surface area contributed by atoms with Crippen LogP contribution in [0.5, 0.6) is 0 Å². The molecule has 0 aromatic heterocycles. The lowest BCUT2D eigenvalue weighted by atomic mass is 10.1. The molecule has 0 fully saturated rings. The van der Waals surface area contributed by atoms with Crippen LogP contribution in [0.15, 0.2) is 29.0 Å². The van der Waals surface area contributed by atoms with Crippen LogP contribution in [-0.4, -0.2) is 0 Å². The Morgan fingerprint density at radius 3 is 3.00 bits per heavy atom. The molecule has 2 aliphatic rings. The molecule has 0 atom stereocenters. The Kier molecular flexibility index (Phi) is 2.65. The van der Waals surface area contributed by atoms with E-state index >= 15 is 0 Å². The van der Waals surface area contributed by atoms with Crippen LogP contribution in [0.25, 0.3) is 11.1 Å². The van der Waals surface area contributed by atoms with Crippen molar-refractivity contribution in [2.45, 2.75) is 19.3 Å². The Morgan fingerprint density at radius 1 is 1.23 bits per heavy atom. The fourth-order valence-corrected chi connectivity index (χ4v) is 2.33. The van der Waals surface area contributed by atoms with Gasteiger partial charge in [-0.1, -0.05) is 25.5 Å². The van der Waals surface area contributed by atoms with Gasteiger partial charge in [-0.3, -0.25) is 0 Å². The number of hydrogen-bond acceptors (Lipinski definition) is 1. The first-order valence-electron chi connectivity index (χ1n) is 4.65. The van der Waals surface area contributed by atoms with Crippen molar-refractivity contribution in [3.8, 4) is 11.1 Å². The van der Waals surface area contributed by atoms with Gasteiger partial charge in [-0.25, -0.2) is 0 Å². The second-order valence-corrected chi connectivity index (χ2v) is 4.02. The van der Waals surface area contributed by atoms with Crippen molar-refractivity contribution in [2.75, 3.05) is 0 Å². The fourth-order valence-electron chi connectivity index (χ4n) is 1.60. The highest BCUT2D eigenvalue weighted by Crippen LogP contribution is 2.29. The minimum absolute atomic E-state index is 1.03. The molecular weight excluding hydrogens is 176 g/mol. The molecule has 1 aliphatic heterocycles. The summed E-state index contributed by atoms with van der Waals surface area (Å²) in [4.78, 5) is 0. The molecule has 0 nitrogen and oxygen atoms in total. The van der Waals surface area contributed by atoms with Gasteiger partial charge < -0.3 is 0 Å². The lowest BCUT2D eigenvalue weighted by Crippen LogP contribution is -1.83. The van der Waals surface area contributed by atoms with Crippen molar-refractivity contribution in [1.29, 1.82) is 0 Å². The second-order valence-electron chi connectivity index (χ2n) is 3.24. The molecule has 0 bridgehead atoms. The van der Waals surface area contributed by atoms with Gasteiger partial charge in [0.25, 0.3) is 0 Å². The van der Waals surface area contributed by atoms with Crippen LogP contribution in [0, 0.1) is 6.92 Å². The third-order valence-electron chi connectivity index (χ3n) is 2.33. The summed E-state index contributed by atoms with van der Waals surface area (Å²) in [5.74, 6) is 0. The monoisotopic (exact) mass is 189 g/mol. The molecule has 0 aromatic carbocycles. The molecule has 0 N–H and O–H groups in total. The minimum Gasteiger partial charge on any atom is -0.152 e. The van der Waals surface area contributed by atoms with Crippen LogP contribution in [-0.2, 0) is 6.42 Å². The van der Waals surface area contributed by atoms with Gasteiger partial charge in [-0.2, -0.15) is 11.3 Å². The zero-order chi connectivity index (χ0) is 9.10. The van der Waals surface area contributed by atoms with Crippen molar-refractivity contribution in [2.24, 2.45) is 0 Å². The maximum absolute atomic E-state index is 3.87. The van der Waals surface area contributed by atoms with Crippen molar-refractivity contribution in [3.05, 3.63) is 41.4 Å². The van der Waals surface area contributed by atoms with Gasteiger partial charge in [0, 0.05) is 0 Å². The number of fused-ring (bicyclic) bond motifs is 1. The summed E-state index contributed by atoms with van der Waals surface area (Å²) < 4.78 is 0. The van der Waals surface area contributed by atoms with E-state index in [0.29, 0.717) is 0 Å². The van der Waals surface area contributed by atoms with E-state index in [2.05, 4.69) is 35.9 Å². The standard InChI is InChI=1S/C12H13S/c1-2-3-4-10-5-6-11-7-8-13-9-12(10)11/h5-9H,1-4H2. The Morgan fingerprint density at radius 2 is 2.15 bits per heavy atom. The lowest BCUT2D eigenvalue weighted by molar-refractivity contribution is 0.844. The molecule has 0 unspecified atom stereocenters. The third kappa shape index (κ3) is 1.75. The molecule has 1 aliphatic carbocycles. The molecular formula is C12H13S. The van der Waals surface area contributed by atoms with E-state index in [-0.39, 0.29) is 0 Å². The zero-order valence-corrected chi connectivity index (χ0v) is 8.44. The van der Waals surface area contributed by atoms with Gasteiger partial charge in [0.1, 0.15) is 0 Å². The highest BCUT2D eigenvalue weighted by Gasteiger charge is 2.06. The van der Waals surface area contributed by atoms with Crippen LogP contribution < -0.4 is 0 Å². The average molecular weight is 189 g/mol. The van der Waals surface area contributed by atoms with Gasteiger partial charge in [-0.05, 0) is 46.4 Å². The van der Waals surface area contributed by atoms with E-state index in [0.717, 1.165) is 6.42 Å². The first kappa shape index (κ1) is 8.76. The summed E-state index contributed by atoms with van der Waals surface area (Å²) in [6.45, 7) is 3.87. The third-order valence-corrected chi connectivity index (χ3v) is 2.99. The summed E-state index contributed by atoms with van der Waals surface area (Å²) in [7, 11) is 0.